The standard InChI is InChI=1S/C37H62N6O6/c1-13-15-23(28(45)31(47)38-17-14-2)39-30(46)27-26-22(37(26,11)12)20-43(27)32(48)29(35(6,7)8)41-33(49)40-24(34(3,4)5)21-42-18-16-36(9,10)19-25(42)44/h14,22-24,26-27,29H,2,13,15-21H2,1,3-12H3,(H,38,47)(H,39,46)(H2,40,41,49)/t22-,23?,24-,26-,27-,29+/m0/s1. The van der Waals surface area contributed by atoms with Crippen molar-refractivity contribution in [2.75, 3.05) is 26.2 Å². The highest BCUT2D eigenvalue weighted by molar-refractivity contribution is 6.38. The van der Waals surface area contributed by atoms with E-state index in [9.17, 15) is 28.8 Å². The van der Waals surface area contributed by atoms with Gasteiger partial charge in [-0.25, -0.2) is 4.79 Å². The molecular formula is C37H62N6O6. The van der Waals surface area contributed by atoms with Crippen LogP contribution < -0.4 is 21.3 Å². The first-order valence-corrected chi connectivity index (χ1v) is 17.8. The number of urea groups is 1. The predicted molar refractivity (Wildman–Crippen MR) is 189 cm³/mol. The summed E-state index contributed by atoms with van der Waals surface area (Å²) in [5, 5.41) is 11.3. The minimum atomic E-state index is -1.03. The van der Waals surface area contributed by atoms with Crippen LogP contribution in [0.1, 0.15) is 102 Å². The average molecular weight is 687 g/mol. The first kappa shape index (κ1) is 40.0. The van der Waals surface area contributed by atoms with Gasteiger partial charge in [-0.2, -0.15) is 0 Å². The van der Waals surface area contributed by atoms with Crippen molar-refractivity contribution in [2.24, 2.45) is 33.5 Å². The summed E-state index contributed by atoms with van der Waals surface area (Å²) < 4.78 is 0. The molecule has 3 aliphatic rings. The summed E-state index contributed by atoms with van der Waals surface area (Å²) in [6, 6.07) is -3.78. The summed E-state index contributed by atoms with van der Waals surface area (Å²) in [6.45, 7) is 26.8. The molecule has 2 aliphatic heterocycles. The smallest absolute Gasteiger partial charge is 0.315 e. The van der Waals surface area contributed by atoms with Crippen LogP contribution in [0.2, 0.25) is 0 Å². The molecule has 4 N–H and O–H groups in total. The SMILES string of the molecule is C=CCNC(=O)C(=O)C(CCC)NC(=O)[C@@H]1[C@@H]2[C@H](CN1C(=O)[C@@H](NC(=O)N[C@@H](CN1CCC(C)(C)CC1=O)C(C)(C)C)C(C)(C)C)C2(C)C. The summed E-state index contributed by atoms with van der Waals surface area (Å²) in [7, 11) is 0. The summed E-state index contributed by atoms with van der Waals surface area (Å²) in [5.74, 6) is -2.38. The summed E-state index contributed by atoms with van der Waals surface area (Å²) in [4.78, 5) is 83.8. The highest BCUT2D eigenvalue weighted by Gasteiger charge is 2.70. The zero-order valence-electron chi connectivity index (χ0n) is 31.7. The molecule has 3 fully saturated rings. The van der Waals surface area contributed by atoms with Crippen molar-refractivity contribution in [3.8, 4) is 0 Å². The van der Waals surface area contributed by atoms with Gasteiger partial charge >= 0.3 is 6.03 Å². The number of nitrogens with zero attached hydrogens (tertiary/aromatic N) is 2. The van der Waals surface area contributed by atoms with Crippen molar-refractivity contribution < 1.29 is 28.8 Å². The average Bonchev–Trinajstić information content (AvgIpc) is 3.29. The Morgan fingerprint density at radius 2 is 1.61 bits per heavy atom. The summed E-state index contributed by atoms with van der Waals surface area (Å²) in [6.07, 6.45) is 3.63. The van der Waals surface area contributed by atoms with Crippen LogP contribution in [0.3, 0.4) is 0 Å². The van der Waals surface area contributed by atoms with Gasteiger partial charge in [0, 0.05) is 32.6 Å². The van der Waals surface area contributed by atoms with E-state index in [1.54, 1.807) is 4.90 Å². The van der Waals surface area contributed by atoms with Gasteiger partial charge in [0.2, 0.25) is 23.5 Å². The van der Waals surface area contributed by atoms with Gasteiger partial charge < -0.3 is 31.1 Å². The molecule has 3 rings (SSSR count). The number of hydrogen-bond acceptors (Lipinski definition) is 6. The van der Waals surface area contributed by atoms with E-state index in [-0.39, 0.29) is 58.9 Å². The van der Waals surface area contributed by atoms with Gasteiger partial charge in [-0.05, 0) is 46.3 Å². The van der Waals surface area contributed by atoms with Crippen LogP contribution in [-0.4, -0.2) is 95.6 Å². The molecule has 0 radical (unpaired) electrons. The van der Waals surface area contributed by atoms with E-state index >= 15 is 0 Å². The van der Waals surface area contributed by atoms with Crippen LogP contribution in [0, 0.1) is 33.5 Å². The fourth-order valence-electron chi connectivity index (χ4n) is 7.30. The third kappa shape index (κ3) is 9.42. The third-order valence-electron chi connectivity index (χ3n) is 10.8. The molecule has 12 nitrogen and oxygen atoms in total. The third-order valence-corrected chi connectivity index (χ3v) is 10.8. The van der Waals surface area contributed by atoms with E-state index < -0.39 is 47.2 Å². The van der Waals surface area contributed by atoms with E-state index in [0.29, 0.717) is 32.5 Å². The van der Waals surface area contributed by atoms with E-state index in [4.69, 9.17) is 0 Å². The van der Waals surface area contributed by atoms with Gasteiger partial charge in [-0.1, -0.05) is 88.7 Å². The van der Waals surface area contributed by atoms with Crippen LogP contribution in [0.15, 0.2) is 12.7 Å². The molecule has 2 saturated heterocycles. The first-order chi connectivity index (χ1) is 22.5. The molecule has 49 heavy (non-hydrogen) atoms. The molecule has 6 atom stereocenters. The van der Waals surface area contributed by atoms with Crippen LogP contribution >= 0.6 is 0 Å². The normalized spacial score (nSPS) is 24.6. The maximum Gasteiger partial charge on any atom is 0.315 e. The highest BCUT2D eigenvalue weighted by atomic mass is 16.2. The van der Waals surface area contributed by atoms with Crippen molar-refractivity contribution in [2.45, 2.75) is 126 Å². The Balaban J connectivity index is 1.80. The molecule has 2 heterocycles. The number of piperidine rings is 2. The van der Waals surface area contributed by atoms with Gasteiger partial charge in [-0.3, -0.25) is 24.0 Å². The molecule has 0 aromatic heterocycles. The van der Waals surface area contributed by atoms with E-state index in [1.807, 2.05) is 53.4 Å². The zero-order valence-corrected chi connectivity index (χ0v) is 31.7. The minimum absolute atomic E-state index is 0.0530. The predicted octanol–water partition coefficient (Wildman–Crippen LogP) is 3.40. The number of nitrogens with one attached hydrogen (secondary N) is 4. The Labute approximate surface area is 293 Å². The van der Waals surface area contributed by atoms with Crippen molar-refractivity contribution in [3.05, 3.63) is 12.7 Å². The lowest BCUT2D eigenvalue weighted by molar-refractivity contribution is -0.145. The second-order valence-electron chi connectivity index (χ2n) is 17.9. The van der Waals surface area contributed by atoms with Gasteiger partial charge in [0.25, 0.3) is 5.91 Å². The molecule has 6 amide bonds. The summed E-state index contributed by atoms with van der Waals surface area (Å²) >= 11 is 0. The number of ketones is 1. The number of likely N-dealkylation sites (tertiary alicyclic amines) is 2. The molecular weight excluding hydrogens is 624 g/mol. The molecule has 1 unspecified atom stereocenters. The minimum Gasteiger partial charge on any atom is -0.346 e. The molecule has 12 heteroatoms. The monoisotopic (exact) mass is 686 g/mol. The molecule has 0 spiro atoms. The number of amides is 6. The maximum absolute atomic E-state index is 14.4. The van der Waals surface area contributed by atoms with Crippen LogP contribution in [0.5, 0.6) is 0 Å². The Morgan fingerprint density at radius 3 is 2.14 bits per heavy atom. The number of hydrogen-bond donors (Lipinski definition) is 4. The Kier molecular flexibility index (Phi) is 12.1. The first-order valence-electron chi connectivity index (χ1n) is 17.8. The fourth-order valence-corrected chi connectivity index (χ4v) is 7.30. The zero-order chi connectivity index (χ0) is 37.3. The largest absolute Gasteiger partial charge is 0.346 e. The molecule has 0 aromatic rings. The second kappa shape index (κ2) is 14.8. The lowest BCUT2D eigenvalue weighted by Gasteiger charge is -2.41. The molecule has 0 bridgehead atoms. The number of Topliss-reactive ketones (excluding diaryl/α,β-unsaturated/α-hetero) is 1. The molecule has 1 aliphatic carbocycles. The Bertz CT molecular complexity index is 1310. The van der Waals surface area contributed by atoms with Gasteiger partial charge in [0.05, 0.1) is 12.1 Å². The lowest BCUT2D eigenvalue weighted by atomic mass is 9.81. The Hall–Kier alpha value is -3.44. The van der Waals surface area contributed by atoms with E-state index in [1.165, 1.54) is 6.08 Å². The van der Waals surface area contributed by atoms with Crippen LogP contribution in [0.4, 0.5) is 4.79 Å². The van der Waals surface area contributed by atoms with Crippen molar-refractivity contribution in [3.63, 3.8) is 0 Å². The quantitative estimate of drug-likeness (QED) is 0.172. The second-order valence-corrected chi connectivity index (χ2v) is 17.9. The van der Waals surface area contributed by atoms with Crippen molar-refractivity contribution in [1.29, 1.82) is 0 Å². The number of carbonyl (C=O) groups excluding carboxylic acids is 6. The van der Waals surface area contributed by atoms with Crippen LogP contribution in [-0.2, 0) is 24.0 Å². The highest BCUT2D eigenvalue weighted by Crippen LogP contribution is 2.65. The van der Waals surface area contributed by atoms with Crippen LogP contribution in [0.25, 0.3) is 0 Å². The van der Waals surface area contributed by atoms with Crippen molar-refractivity contribution in [1.82, 2.24) is 31.1 Å². The van der Waals surface area contributed by atoms with Gasteiger partial charge in [0.15, 0.2) is 0 Å². The van der Waals surface area contributed by atoms with E-state index in [2.05, 4.69) is 55.5 Å². The number of carbonyl (C=O) groups is 6. The number of rotatable bonds is 13. The number of fused-ring (bicyclic) bond motifs is 1. The topological polar surface area (TPSA) is 157 Å². The van der Waals surface area contributed by atoms with Gasteiger partial charge in [0.1, 0.15) is 12.1 Å². The molecule has 276 valence electrons. The van der Waals surface area contributed by atoms with E-state index in [0.717, 1.165) is 6.42 Å². The van der Waals surface area contributed by atoms with Crippen molar-refractivity contribution >= 4 is 35.4 Å². The summed E-state index contributed by atoms with van der Waals surface area (Å²) in [5.41, 5.74) is -1.34. The molecule has 0 aromatic carbocycles. The molecule has 1 saturated carbocycles. The maximum atomic E-state index is 14.4. The lowest BCUT2D eigenvalue weighted by Crippen LogP contribution is -2.63. The Morgan fingerprint density at radius 1 is 0.980 bits per heavy atom. The fraction of sp³-hybridized carbons (Fsp3) is 0.784. The van der Waals surface area contributed by atoms with Gasteiger partial charge in [-0.15, -0.1) is 6.58 Å².